The van der Waals surface area contributed by atoms with Crippen molar-refractivity contribution in [3.8, 4) is 10.6 Å². The lowest BCUT2D eigenvalue weighted by Crippen LogP contribution is -2.34. The summed E-state index contributed by atoms with van der Waals surface area (Å²) in [6, 6.07) is 4.39. The number of hydrogen-bond donors (Lipinski definition) is 2. The van der Waals surface area contributed by atoms with Gasteiger partial charge in [0.05, 0.1) is 16.7 Å². The molecule has 28 heavy (non-hydrogen) atoms. The molecule has 0 aliphatic heterocycles. The topological polar surface area (TPSA) is 153 Å². The van der Waals surface area contributed by atoms with Gasteiger partial charge in [-0.2, -0.15) is 4.39 Å². The zero-order valence-corrected chi connectivity index (χ0v) is 15.9. The minimum Gasteiger partial charge on any atom is -0.299 e. The smallest absolute Gasteiger partial charge is 0.299 e. The summed E-state index contributed by atoms with van der Waals surface area (Å²) in [6.45, 7) is -0.583. The molecular weight excluding hydrogens is 463 g/mol. The molecule has 0 saturated heterocycles. The Balaban J connectivity index is 1.79. The Morgan fingerprint density at radius 2 is 2.14 bits per heavy atom. The molecule has 144 valence electrons. The van der Waals surface area contributed by atoms with E-state index in [-0.39, 0.29) is 21.4 Å². The molecule has 0 atom stereocenters. The molecule has 1 amide bonds. The first-order chi connectivity index (χ1) is 13.2. The summed E-state index contributed by atoms with van der Waals surface area (Å²) >= 11 is 4.03. The maximum atomic E-state index is 13.2. The van der Waals surface area contributed by atoms with E-state index in [1.165, 1.54) is 12.1 Å². The van der Waals surface area contributed by atoms with Gasteiger partial charge in [0, 0.05) is 10.5 Å². The number of nitrogens with one attached hydrogen (secondary N) is 2. The molecule has 11 nitrogen and oxygen atoms in total. The van der Waals surface area contributed by atoms with Gasteiger partial charge >= 0.3 is 5.69 Å². The molecule has 0 aliphatic carbocycles. The third kappa shape index (κ3) is 4.17. The van der Waals surface area contributed by atoms with Crippen LogP contribution in [0.4, 0.5) is 15.2 Å². The number of aromatic amines is 1. The summed E-state index contributed by atoms with van der Waals surface area (Å²) in [7, 11) is 0. The fourth-order valence-electron chi connectivity index (χ4n) is 2.13. The maximum Gasteiger partial charge on any atom is 0.328 e. The molecule has 0 unspecified atom stereocenters. The van der Waals surface area contributed by atoms with Gasteiger partial charge < -0.3 is 0 Å². The van der Waals surface area contributed by atoms with Crippen molar-refractivity contribution >= 4 is 44.0 Å². The van der Waals surface area contributed by atoms with Gasteiger partial charge in [-0.1, -0.05) is 27.3 Å². The highest BCUT2D eigenvalue weighted by Crippen LogP contribution is 2.35. The van der Waals surface area contributed by atoms with Crippen molar-refractivity contribution in [3.05, 3.63) is 65.6 Å². The fourth-order valence-corrected chi connectivity index (χ4v) is 3.28. The van der Waals surface area contributed by atoms with Gasteiger partial charge in [0.25, 0.3) is 11.2 Å². The summed E-state index contributed by atoms with van der Waals surface area (Å²) in [5.41, 5.74) is -2.12. The van der Waals surface area contributed by atoms with Crippen LogP contribution in [0.5, 0.6) is 0 Å². The number of amides is 1. The number of H-pyrrole nitrogens is 1. The first kappa shape index (κ1) is 19.5. The van der Waals surface area contributed by atoms with Crippen molar-refractivity contribution in [3.63, 3.8) is 0 Å². The second-order valence-corrected chi connectivity index (χ2v) is 7.14. The van der Waals surface area contributed by atoms with Crippen LogP contribution in [0.15, 0.2) is 38.5 Å². The number of halogens is 2. The van der Waals surface area contributed by atoms with Crippen LogP contribution < -0.4 is 16.6 Å². The van der Waals surface area contributed by atoms with Crippen molar-refractivity contribution in [2.45, 2.75) is 6.54 Å². The molecule has 3 rings (SSSR count). The highest BCUT2D eigenvalue weighted by molar-refractivity contribution is 9.10. The van der Waals surface area contributed by atoms with Crippen LogP contribution in [-0.4, -0.2) is 30.6 Å². The second kappa shape index (κ2) is 7.77. The van der Waals surface area contributed by atoms with Gasteiger partial charge in [-0.3, -0.25) is 34.6 Å². The molecule has 1 aromatic carbocycles. The standard InChI is InChI=1S/C14H8BrFN6O5S/c15-6-1-2-7(9(3-6)22(26)27)12-19-20-13(28-12)17-10(23)5-21-4-8(16)11(24)18-14(21)25/h1-4H,5H2,(H,17,20,23)(H,18,24,25). The van der Waals surface area contributed by atoms with E-state index < -0.39 is 34.4 Å². The molecule has 0 radical (unpaired) electrons. The zero-order chi connectivity index (χ0) is 20.4. The van der Waals surface area contributed by atoms with Crippen LogP contribution in [0.25, 0.3) is 10.6 Å². The number of benzene rings is 1. The number of nitro groups is 1. The number of carbonyl (C=O) groups is 1. The van der Waals surface area contributed by atoms with E-state index in [9.17, 15) is 28.9 Å². The Hall–Kier alpha value is -3.26. The van der Waals surface area contributed by atoms with Gasteiger partial charge in [0.15, 0.2) is 5.01 Å². The lowest BCUT2D eigenvalue weighted by atomic mass is 10.2. The molecule has 0 fully saturated rings. The first-order valence-corrected chi connectivity index (χ1v) is 8.92. The summed E-state index contributed by atoms with van der Waals surface area (Å²) in [6.07, 6.45) is 0.609. The van der Waals surface area contributed by atoms with E-state index in [1.54, 1.807) is 11.1 Å². The summed E-state index contributed by atoms with van der Waals surface area (Å²) in [5, 5.41) is 21.3. The quantitative estimate of drug-likeness (QED) is 0.423. The number of nitrogens with zero attached hydrogens (tertiary/aromatic N) is 4. The number of rotatable bonds is 5. The van der Waals surface area contributed by atoms with Crippen LogP contribution >= 0.6 is 27.3 Å². The molecule has 0 spiro atoms. The monoisotopic (exact) mass is 470 g/mol. The Kier molecular flexibility index (Phi) is 5.41. The Morgan fingerprint density at radius 3 is 2.86 bits per heavy atom. The second-order valence-electron chi connectivity index (χ2n) is 5.24. The molecule has 2 heterocycles. The van der Waals surface area contributed by atoms with E-state index >= 15 is 0 Å². The van der Waals surface area contributed by atoms with Crippen LogP contribution in [0.1, 0.15) is 0 Å². The van der Waals surface area contributed by atoms with Gasteiger partial charge in [-0.05, 0) is 12.1 Å². The van der Waals surface area contributed by atoms with Gasteiger partial charge in [-0.15, -0.1) is 10.2 Å². The largest absolute Gasteiger partial charge is 0.328 e. The van der Waals surface area contributed by atoms with Crippen molar-refractivity contribution in [2.24, 2.45) is 0 Å². The Bertz CT molecular complexity index is 1210. The van der Waals surface area contributed by atoms with Crippen LogP contribution in [-0.2, 0) is 11.3 Å². The van der Waals surface area contributed by atoms with Gasteiger partial charge in [-0.25, -0.2) is 4.79 Å². The number of carbonyl (C=O) groups excluding carboxylic acids is 1. The molecule has 0 saturated carbocycles. The number of nitro benzene ring substituents is 1. The summed E-state index contributed by atoms with van der Waals surface area (Å²) in [4.78, 5) is 46.9. The molecule has 2 aromatic heterocycles. The average Bonchev–Trinajstić information content (AvgIpc) is 3.07. The lowest BCUT2D eigenvalue weighted by Gasteiger charge is -2.04. The Labute approximate surface area is 166 Å². The number of aromatic nitrogens is 4. The molecule has 0 bridgehead atoms. The zero-order valence-electron chi connectivity index (χ0n) is 13.5. The van der Waals surface area contributed by atoms with E-state index in [0.717, 1.165) is 11.3 Å². The van der Waals surface area contributed by atoms with Crippen molar-refractivity contribution in [1.29, 1.82) is 0 Å². The fraction of sp³-hybridized carbons (Fsp3) is 0.0714. The van der Waals surface area contributed by atoms with Crippen molar-refractivity contribution < 1.29 is 14.1 Å². The molecule has 0 aliphatic rings. The third-order valence-corrected chi connectivity index (χ3v) is 4.70. The third-order valence-electron chi connectivity index (χ3n) is 3.34. The van der Waals surface area contributed by atoms with E-state index in [2.05, 4.69) is 31.4 Å². The molecule has 14 heteroatoms. The summed E-state index contributed by atoms with van der Waals surface area (Å²) in [5.74, 6) is -1.95. The minimum atomic E-state index is -1.21. The Morgan fingerprint density at radius 1 is 1.39 bits per heavy atom. The van der Waals surface area contributed by atoms with Gasteiger partial charge in [0.1, 0.15) is 6.54 Å². The predicted octanol–water partition coefficient (Wildman–Crippen LogP) is 1.50. The van der Waals surface area contributed by atoms with Crippen molar-refractivity contribution in [1.82, 2.24) is 19.7 Å². The maximum absolute atomic E-state index is 13.2. The normalized spacial score (nSPS) is 10.6. The van der Waals surface area contributed by atoms with E-state index in [0.29, 0.717) is 15.2 Å². The summed E-state index contributed by atoms with van der Waals surface area (Å²) < 4.78 is 14.4. The van der Waals surface area contributed by atoms with E-state index in [4.69, 9.17) is 0 Å². The molecule has 3 aromatic rings. The average molecular weight is 471 g/mol. The van der Waals surface area contributed by atoms with Crippen LogP contribution in [0, 0.1) is 15.9 Å². The lowest BCUT2D eigenvalue weighted by molar-refractivity contribution is -0.384. The number of anilines is 1. The number of hydrogen-bond acceptors (Lipinski definition) is 8. The molecule has 2 N–H and O–H groups in total. The van der Waals surface area contributed by atoms with Crippen LogP contribution in [0.2, 0.25) is 0 Å². The van der Waals surface area contributed by atoms with E-state index in [1.807, 2.05) is 0 Å². The SMILES string of the molecule is O=C(Cn1cc(F)c(=O)[nH]c1=O)Nc1nnc(-c2ccc(Br)cc2[N+](=O)[O-])s1. The molecular formula is C14H8BrFN6O5S. The highest BCUT2D eigenvalue weighted by atomic mass is 79.9. The van der Waals surface area contributed by atoms with Crippen LogP contribution in [0.3, 0.4) is 0 Å². The first-order valence-electron chi connectivity index (χ1n) is 7.31. The van der Waals surface area contributed by atoms with Crippen molar-refractivity contribution in [2.75, 3.05) is 5.32 Å². The predicted molar refractivity (Wildman–Crippen MR) is 99.6 cm³/mol. The minimum absolute atomic E-state index is 0.0233. The highest BCUT2D eigenvalue weighted by Gasteiger charge is 2.20. The van der Waals surface area contributed by atoms with Gasteiger partial charge in [0.2, 0.25) is 16.9 Å².